The van der Waals surface area contributed by atoms with E-state index in [1.807, 2.05) is 31.2 Å². The van der Waals surface area contributed by atoms with E-state index in [4.69, 9.17) is 18.0 Å². The quantitative estimate of drug-likeness (QED) is 0.626. The summed E-state index contributed by atoms with van der Waals surface area (Å²) < 4.78 is 0. The van der Waals surface area contributed by atoms with Crippen molar-refractivity contribution < 1.29 is 9.59 Å². The molecule has 0 bridgehead atoms. The van der Waals surface area contributed by atoms with E-state index in [9.17, 15) is 9.59 Å². The maximum atomic E-state index is 11.2. The Labute approximate surface area is 105 Å². The highest BCUT2D eigenvalue weighted by atomic mass is 32.1. The molecule has 0 spiro atoms. The van der Waals surface area contributed by atoms with Crippen LogP contribution in [0.15, 0.2) is 24.3 Å². The predicted octanol–water partition coefficient (Wildman–Crippen LogP) is 1.42. The second-order valence-corrected chi connectivity index (χ2v) is 4.24. The highest BCUT2D eigenvalue weighted by molar-refractivity contribution is 7.80. The summed E-state index contributed by atoms with van der Waals surface area (Å²) in [6.45, 7) is 3.25. The van der Waals surface area contributed by atoms with Gasteiger partial charge in [0, 0.05) is 5.69 Å². The number of amides is 1. The number of ketones is 1. The number of aryl methyl sites for hydroxylation is 1. The van der Waals surface area contributed by atoms with Gasteiger partial charge in [-0.3, -0.25) is 9.59 Å². The van der Waals surface area contributed by atoms with Crippen LogP contribution in [0.2, 0.25) is 0 Å². The van der Waals surface area contributed by atoms with Gasteiger partial charge in [0.2, 0.25) is 5.91 Å². The fraction of sp³-hybridized carbons (Fsp3) is 0.250. The molecule has 1 rings (SSSR count). The van der Waals surface area contributed by atoms with E-state index in [0.717, 1.165) is 11.3 Å². The van der Waals surface area contributed by atoms with Crippen molar-refractivity contribution >= 4 is 34.6 Å². The number of thiocarbonyl (C=S) groups is 1. The number of carbonyl (C=O) groups excluding carboxylic acids is 2. The molecule has 4 nitrogen and oxygen atoms in total. The lowest BCUT2D eigenvalue weighted by molar-refractivity contribution is -0.128. The van der Waals surface area contributed by atoms with E-state index in [2.05, 4.69) is 5.32 Å². The van der Waals surface area contributed by atoms with Gasteiger partial charge >= 0.3 is 0 Å². The van der Waals surface area contributed by atoms with Gasteiger partial charge in [0.1, 0.15) is 11.7 Å². The molecule has 1 aromatic carbocycles. The molecule has 0 fully saturated rings. The molecule has 90 valence electrons. The predicted molar refractivity (Wildman–Crippen MR) is 70.8 cm³/mol. The van der Waals surface area contributed by atoms with Crippen molar-refractivity contribution in [2.45, 2.75) is 13.8 Å². The van der Waals surface area contributed by atoms with Crippen LogP contribution in [0.1, 0.15) is 12.5 Å². The summed E-state index contributed by atoms with van der Waals surface area (Å²) in [6.07, 6.45) is 0. The molecule has 17 heavy (non-hydrogen) atoms. The lowest BCUT2D eigenvalue weighted by Gasteiger charge is -2.13. The van der Waals surface area contributed by atoms with Crippen LogP contribution < -0.4 is 11.1 Å². The Balaban J connectivity index is 2.80. The molecule has 0 aliphatic heterocycles. The van der Waals surface area contributed by atoms with Gasteiger partial charge in [0.25, 0.3) is 0 Å². The van der Waals surface area contributed by atoms with Crippen molar-refractivity contribution in [3.63, 3.8) is 0 Å². The van der Waals surface area contributed by atoms with Crippen molar-refractivity contribution in [3.8, 4) is 0 Å². The summed E-state index contributed by atoms with van der Waals surface area (Å²) in [7, 11) is 0. The topological polar surface area (TPSA) is 72.2 Å². The van der Waals surface area contributed by atoms with Gasteiger partial charge in [0.05, 0.1) is 4.99 Å². The summed E-state index contributed by atoms with van der Waals surface area (Å²) in [6, 6.07) is 7.44. The van der Waals surface area contributed by atoms with Crippen molar-refractivity contribution in [1.82, 2.24) is 0 Å². The Hall–Kier alpha value is -1.75. The minimum Gasteiger partial charge on any atom is -0.369 e. The number of carbonyl (C=O) groups is 2. The Morgan fingerprint density at radius 1 is 1.29 bits per heavy atom. The highest BCUT2D eigenvalue weighted by Gasteiger charge is 2.25. The highest BCUT2D eigenvalue weighted by Crippen LogP contribution is 2.11. The molecular weight excluding hydrogens is 236 g/mol. The molecule has 0 aliphatic carbocycles. The van der Waals surface area contributed by atoms with E-state index in [0.29, 0.717) is 0 Å². The van der Waals surface area contributed by atoms with Crippen molar-refractivity contribution in [3.05, 3.63) is 29.8 Å². The zero-order chi connectivity index (χ0) is 13.0. The number of benzene rings is 1. The summed E-state index contributed by atoms with van der Waals surface area (Å²) >= 11 is 5.01. The molecule has 1 unspecified atom stereocenters. The first-order chi connectivity index (χ1) is 7.91. The minimum absolute atomic E-state index is 0.133. The van der Waals surface area contributed by atoms with Crippen LogP contribution in [0.25, 0.3) is 0 Å². The van der Waals surface area contributed by atoms with Crippen LogP contribution in [0, 0.1) is 12.8 Å². The van der Waals surface area contributed by atoms with Crippen LogP contribution in [-0.2, 0) is 9.59 Å². The van der Waals surface area contributed by atoms with Crippen molar-refractivity contribution in [1.29, 1.82) is 0 Å². The number of Topliss-reactive ketones (excluding diaryl/α,β-unsaturated/α-hetero) is 1. The Morgan fingerprint density at radius 3 is 2.24 bits per heavy atom. The van der Waals surface area contributed by atoms with E-state index in [1.165, 1.54) is 6.92 Å². The van der Waals surface area contributed by atoms with Gasteiger partial charge in [-0.1, -0.05) is 29.9 Å². The van der Waals surface area contributed by atoms with Crippen LogP contribution in [0.3, 0.4) is 0 Å². The molecular formula is C12H14N2O2S. The molecule has 1 atom stereocenters. The molecule has 5 heteroatoms. The van der Waals surface area contributed by atoms with Gasteiger partial charge in [-0.05, 0) is 26.0 Å². The zero-order valence-corrected chi connectivity index (χ0v) is 10.5. The average Bonchev–Trinajstić information content (AvgIpc) is 2.20. The largest absolute Gasteiger partial charge is 0.369 e. The fourth-order valence-corrected chi connectivity index (χ4v) is 1.77. The smallest absolute Gasteiger partial charge is 0.234 e. The zero-order valence-electron chi connectivity index (χ0n) is 9.69. The van der Waals surface area contributed by atoms with Gasteiger partial charge in [-0.25, -0.2) is 0 Å². The number of hydrogen-bond acceptors (Lipinski definition) is 3. The van der Waals surface area contributed by atoms with Gasteiger partial charge in [-0.2, -0.15) is 0 Å². The summed E-state index contributed by atoms with van der Waals surface area (Å²) in [5.74, 6) is -2.16. The van der Waals surface area contributed by atoms with Crippen molar-refractivity contribution in [2.75, 3.05) is 5.32 Å². The van der Waals surface area contributed by atoms with Gasteiger partial charge in [-0.15, -0.1) is 0 Å². The fourth-order valence-electron chi connectivity index (χ4n) is 1.37. The van der Waals surface area contributed by atoms with Crippen LogP contribution in [0.5, 0.6) is 0 Å². The normalized spacial score (nSPS) is 11.6. The third kappa shape index (κ3) is 3.64. The number of hydrogen-bond donors (Lipinski definition) is 2. The van der Waals surface area contributed by atoms with Crippen molar-refractivity contribution in [2.24, 2.45) is 11.7 Å². The number of anilines is 1. The Morgan fingerprint density at radius 2 is 1.82 bits per heavy atom. The van der Waals surface area contributed by atoms with E-state index in [-0.39, 0.29) is 10.8 Å². The first-order valence-electron chi connectivity index (χ1n) is 5.09. The van der Waals surface area contributed by atoms with Crippen LogP contribution in [0.4, 0.5) is 5.69 Å². The third-order valence-electron chi connectivity index (χ3n) is 2.27. The number of rotatable bonds is 4. The number of nitrogens with two attached hydrogens (primary N) is 1. The average molecular weight is 250 g/mol. The lowest BCUT2D eigenvalue weighted by atomic mass is 10.0. The maximum Gasteiger partial charge on any atom is 0.234 e. The summed E-state index contributed by atoms with van der Waals surface area (Å²) in [4.78, 5) is 22.5. The molecule has 1 aromatic rings. The molecule has 1 amide bonds. The monoisotopic (exact) mass is 250 g/mol. The Bertz CT molecular complexity index is 440. The first-order valence-corrected chi connectivity index (χ1v) is 5.50. The van der Waals surface area contributed by atoms with Crippen LogP contribution in [-0.4, -0.2) is 16.7 Å². The van der Waals surface area contributed by atoms with E-state index in [1.54, 1.807) is 0 Å². The van der Waals surface area contributed by atoms with E-state index >= 15 is 0 Å². The molecule has 3 N–H and O–H groups in total. The molecule has 0 aliphatic rings. The number of nitrogens with one attached hydrogen (secondary N) is 1. The first kappa shape index (κ1) is 13.3. The molecule has 0 saturated heterocycles. The summed E-state index contributed by atoms with van der Waals surface area (Å²) in [5, 5.41) is 2.84. The van der Waals surface area contributed by atoms with Crippen LogP contribution >= 0.6 is 12.2 Å². The molecule has 0 heterocycles. The molecule has 0 aromatic heterocycles. The number of primary amides is 1. The molecule has 0 saturated carbocycles. The molecule has 0 radical (unpaired) electrons. The maximum absolute atomic E-state index is 11.2. The second-order valence-electron chi connectivity index (χ2n) is 3.80. The van der Waals surface area contributed by atoms with E-state index < -0.39 is 11.8 Å². The Kier molecular flexibility index (Phi) is 4.34. The third-order valence-corrected chi connectivity index (χ3v) is 2.61. The minimum atomic E-state index is -1.06. The van der Waals surface area contributed by atoms with Gasteiger partial charge < -0.3 is 11.1 Å². The summed E-state index contributed by atoms with van der Waals surface area (Å²) in [5.41, 5.74) is 6.97. The standard InChI is InChI=1S/C12H14N2O2S/c1-7-3-5-9(6-4-7)14-12(17)10(8(2)15)11(13)16/h3-6,10H,1-2H3,(H2,13,16)(H,14,17). The van der Waals surface area contributed by atoms with Gasteiger partial charge in [0.15, 0.2) is 0 Å². The lowest BCUT2D eigenvalue weighted by Crippen LogP contribution is -2.37. The second kappa shape index (κ2) is 5.54. The SMILES string of the molecule is CC(=O)C(C(N)=O)C(=S)Nc1ccc(C)cc1.